The molecule has 0 N–H and O–H groups in total. The minimum absolute atomic E-state index is 0.193. The zero-order valence-corrected chi connectivity index (χ0v) is 13.0. The van der Waals surface area contributed by atoms with Crippen LogP contribution in [0.3, 0.4) is 0 Å². The van der Waals surface area contributed by atoms with E-state index < -0.39 is 6.10 Å². The summed E-state index contributed by atoms with van der Waals surface area (Å²) in [5.41, 5.74) is 0.292. The summed E-state index contributed by atoms with van der Waals surface area (Å²) in [5.74, 6) is 0.859. The first-order chi connectivity index (χ1) is 11.2. The Morgan fingerprint density at radius 1 is 1.52 bits per heavy atom. The number of carbonyl (C=O) groups is 1. The molecule has 0 aromatic carbocycles. The Balaban J connectivity index is 1.66. The van der Waals surface area contributed by atoms with Crippen LogP contribution in [-0.2, 0) is 16.0 Å². The molecule has 0 radical (unpaired) electrons. The summed E-state index contributed by atoms with van der Waals surface area (Å²) in [5, 5.41) is 16.0. The monoisotopic (exact) mass is 322 g/mol. The lowest BCUT2D eigenvalue weighted by Gasteiger charge is -2.30. The van der Waals surface area contributed by atoms with Crippen LogP contribution in [0.2, 0.25) is 0 Å². The minimum atomic E-state index is -0.406. The summed E-state index contributed by atoms with van der Waals surface area (Å²) in [6, 6.07) is 1.62. The minimum Gasteiger partial charge on any atom is -0.383 e. The number of hydrogen-bond donors (Lipinski definition) is 0. The molecule has 2 aromatic heterocycles. The molecule has 3 rings (SSSR count). The van der Waals surface area contributed by atoms with Crippen LogP contribution >= 0.6 is 0 Å². The summed E-state index contributed by atoms with van der Waals surface area (Å²) in [6.45, 7) is 3.99. The van der Waals surface area contributed by atoms with Gasteiger partial charge in [0.2, 0.25) is 5.82 Å². The zero-order chi connectivity index (χ0) is 16.2. The Morgan fingerprint density at radius 2 is 2.39 bits per heavy atom. The number of ether oxygens (including phenoxy) is 2. The number of aromatic nitrogens is 5. The van der Waals surface area contributed by atoms with Gasteiger partial charge >= 0.3 is 0 Å². The van der Waals surface area contributed by atoms with Gasteiger partial charge in [0.25, 0.3) is 5.91 Å². The van der Waals surface area contributed by atoms with E-state index in [-0.39, 0.29) is 5.91 Å². The van der Waals surface area contributed by atoms with Crippen LogP contribution in [0, 0.1) is 6.92 Å². The van der Waals surface area contributed by atoms with Crippen LogP contribution in [0.1, 0.15) is 28.2 Å². The molecule has 0 aliphatic carbocycles. The van der Waals surface area contributed by atoms with Gasteiger partial charge in [-0.15, -0.1) is 10.2 Å². The average molecular weight is 322 g/mol. The second-order valence-corrected chi connectivity index (χ2v) is 5.17. The quantitative estimate of drug-likeness (QED) is 0.746. The van der Waals surface area contributed by atoms with Gasteiger partial charge in [0.05, 0.1) is 26.3 Å². The highest BCUT2D eigenvalue weighted by atomic mass is 16.5. The van der Waals surface area contributed by atoms with Gasteiger partial charge in [0, 0.05) is 19.7 Å². The molecule has 124 valence electrons. The molecule has 23 heavy (non-hydrogen) atoms. The molecule has 10 nitrogen and oxygen atoms in total. The fourth-order valence-corrected chi connectivity index (χ4v) is 2.27. The molecule has 1 aliphatic rings. The van der Waals surface area contributed by atoms with Crippen molar-refractivity contribution < 1.29 is 18.8 Å². The molecule has 0 bridgehead atoms. The number of tetrazole rings is 1. The molecule has 1 aliphatic heterocycles. The smallest absolute Gasteiger partial charge is 0.276 e. The molecule has 1 saturated heterocycles. The Labute approximate surface area is 132 Å². The third-order valence-corrected chi connectivity index (χ3v) is 3.45. The first-order valence-electron chi connectivity index (χ1n) is 7.28. The van der Waals surface area contributed by atoms with Gasteiger partial charge < -0.3 is 18.9 Å². The van der Waals surface area contributed by atoms with E-state index in [2.05, 4.69) is 20.6 Å². The van der Waals surface area contributed by atoms with Crippen molar-refractivity contribution in [3.63, 3.8) is 0 Å². The van der Waals surface area contributed by atoms with Crippen molar-refractivity contribution >= 4 is 5.91 Å². The standard InChI is InChI=1S/C13H18N6O4/c1-9-7-10(16-23-9)13(20)18-3-6-22-11(8-18)12-14-17-19(15-12)4-5-21-2/h7,11H,3-6,8H2,1-2H3. The summed E-state index contributed by atoms with van der Waals surface area (Å²) in [4.78, 5) is 15.5. The second kappa shape index (κ2) is 6.84. The molecule has 1 atom stereocenters. The van der Waals surface area contributed by atoms with Crippen LogP contribution in [-0.4, -0.2) is 69.6 Å². The zero-order valence-electron chi connectivity index (χ0n) is 13.0. The second-order valence-electron chi connectivity index (χ2n) is 5.17. The molecular formula is C13H18N6O4. The molecule has 10 heteroatoms. The van der Waals surface area contributed by atoms with Crippen molar-refractivity contribution in [2.45, 2.75) is 19.6 Å². The van der Waals surface area contributed by atoms with Crippen LogP contribution in [0.15, 0.2) is 10.6 Å². The van der Waals surface area contributed by atoms with Gasteiger partial charge in [0.15, 0.2) is 5.69 Å². The number of carbonyl (C=O) groups excluding carboxylic acids is 1. The van der Waals surface area contributed by atoms with Crippen molar-refractivity contribution in [3.8, 4) is 0 Å². The molecular weight excluding hydrogens is 304 g/mol. The van der Waals surface area contributed by atoms with Gasteiger partial charge in [-0.2, -0.15) is 4.80 Å². The number of hydrogen-bond acceptors (Lipinski definition) is 8. The lowest BCUT2D eigenvalue weighted by atomic mass is 10.2. The molecule has 0 saturated carbocycles. The van der Waals surface area contributed by atoms with Crippen molar-refractivity contribution in [2.75, 3.05) is 33.4 Å². The first kappa shape index (κ1) is 15.6. The number of nitrogens with zero attached hydrogens (tertiary/aromatic N) is 6. The number of amides is 1. The van der Waals surface area contributed by atoms with E-state index >= 15 is 0 Å². The SMILES string of the molecule is COCCn1nnc(C2CN(C(=O)c3cc(C)on3)CCO2)n1. The summed E-state index contributed by atoms with van der Waals surface area (Å²) in [6.07, 6.45) is -0.406. The maximum Gasteiger partial charge on any atom is 0.276 e. The predicted molar refractivity (Wildman–Crippen MR) is 75.5 cm³/mol. The van der Waals surface area contributed by atoms with Gasteiger partial charge in [0.1, 0.15) is 11.9 Å². The van der Waals surface area contributed by atoms with Gasteiger partial charge in [-0.25, -0.2) is 0 Å². The van der Waals surface area contributed by atoms with Crippen LogP contribution in [0.5, 0.6) is 0 Å². The Bertz CT molecular complexity index is 669. The Morgan fingerprint density at radius 3 is 3.13 bits per heavy atom. The van der Waals surface area contributed by atoms with Crippen LogP contribution < -0.4 is 0 Å². The topological polar surface area (TPSA) is 108 Å². The fourth-order valence-electron chi connectivity index (χ4n) is 2.27. The molecule has 0 spiro atoms. The highest BCUT2D eigenvalue weighted by Crippen LogP contribution is 2.20. The van der Waals surface area contributed by atoms with E-state index in [1.807, 2.05) is 0 Å². The van der Waals surface area contributed by atoms with Gasteiger partial charge in [-0.05, 0) is 12.1 Å². The van der Waals surface area contributed by atoms with Crippen LogP contribution in [0.25, 0.3) is 0 Å². The lowest BCUT2D eigenvalue weighted by Crippen LogP contribution is -2.42. The van der Waals surface area contributed by atoms with E-state index in [1.54, 1.807) is 25.0 Å². The Hall–Kier alpha value is -2.33. The summed E-state index contributed by atoms with van der Waals surface area (Å²) in [7, 11) is 1.61. The van der Waals surface area contributed by atoms with Crippen LogP contribution in [0.4, 0.5) is 0 Å². The van der Waals surface area contributed by atoms with E-state index in [4.69, 9.17) is 14.0 Å². The summed E-state index contributed by atoms with van der Waals surface area (Å²) >= 11 is 0. The highest BCUT2D eigenvalue weighted by Gasteiger charge is 2.30. The van der Waals surface area contributed by atoms with Crippen molar-refractivity contribution in [1.29, 1.82) is 0 Å². The fraction of sp³-hybridized carbons (Fsp3) is 0.615. The predicted octanol–water partition coefficient (Wildman–Crippen LogP) is -0.170. The number of morpholine rings is 1. The van der Waals surface area contributed by atoms with Crippen molar-refractivity contribution in [2.24, 2.45) is 0 Å². The van der Waals surface area contributed by atoms with Crippen molar-refractivity contribution in [3.05, 3.63) is 23.3 Å². The number of aryl methyl sites for hydroxylation is 1. The van der Waals surface area contributed by atoms with E-state index in [9.17, 15) is 4.79 Å². The highest BCUT2D eigenvalue weighted by molar-refractivity contribution is 5.92. The first-order valence-corrected chi connectivity index (χ1v) is 7.28. The maximum atomic E-state index is 12.4. The third kappa shape index (κ3) is 3.54. The van der Waals surface area contributed by atoms with E-state index in [1.165, 1.54) is 4.80 Å². The number of rotatable bonds is 5. The molecule has 1 amide bonds. The molecule has 3 heterocycles. The van der Waals surface area contributed by atoms with Gasteiger partial charge in [-0.3, -0.25) is 4.79 Å². The third-order valence-electron chi connectivity index (χ3n) is 3.45. The normalized spacial score (nSPS) is 18.3. The number of methoxy groups -OCH3 is 1. The van der Waals surface area contributed by atoms with E-state index in [0.717, 1.165) is 0 Å². The lowest BCUT2D eigenvalue weighted by molar-refractivity contribution is -0.0272. The molecule has 2 aromatic rings. The molecule has 1 unspecified atom stereocenters. The van der Waals surface area contributed by atoms with E-state index in [0.29, 0.717) is 50.1 Å². The maximum absolute atomic E-state index is 12.4. The Kier molecular flexibility index (Phi) is 4.63. The largest absolute Gasteiger partial charge is 0.383 e. The average Bonchev–Trinajstić information content (AvgIpc) is 3.21. The van der Waals surface area contributed by atoms with Gasteiger partial charge in [-0.1, -0.05) is 5.16 Å². The summed E-state index contributed by atoms with van der Waals surface area (Å²) < 4.78 is 15.6. The molecule has 1 fully saturated rings. The van der Waals surface area contributed by atoms with Crippen molar-refractivity contribution in [1.82, 2.24) is 30.3 Å².